The lowest BCUT2D eigenvalue weighted by molar-refractivity contribution is 0.212. The molecule has 1 rings (SSSR count). The third-order valence-corrected chi connectivity index (χ3v) is 2.23. The molecular formula is C10H22O. The molecule has 0 spiro atoms. The van der Waals surface area contributed by atoms with E-state index in [4.69, 9.17) is 5.11 Å². The largest absolute Gasteiger partial charge is 0.396 e. The molecule has 0 amide bonds. The Labute approximate surface area is 70.8 Å². The fourth-order valence-electron chi connectivity index (χ4n) is 1.55. The maximum Gasteiger partial charge on any atom is 0.0459 e. The van der Waals surface area contributed by atoms with Crippen LogP contribution in [0.25, 0.3) is 0 Å². The number of rotatable bonds is 1. The van der Waals surface area contributed by atoms with Gasteiger partial charge < -0.3 is 5.11 Å². The zero-order valence-corrected chi connectivity index (χ0v) is 7.97. The fraction of sp³-hybridized carbons (Fsp3) is 1.00. The second-order valence-corrected chi connectivity index (χ2v) is 3.04. The van der Waals surface area contributed by atoms with Crippen LogP contribution in [0.3, 0.4) is 0 Å². The molecule has 0 aliphatic heterocycles. The van der Waals surface area contributed by atoms with Crippen LogP contribution >= 0.6 is 0 Å². The average molecular weight is 158 g/mol. The Bertz CT molecular complexity index is 63.3. The first kappa shape index (κ1) is 11.0. The van der Waals surface area contributed by atoms with Crippen LogP contribution in [-0.4, -0.2) is 11.7 Å². The first-order chi connectivity index (χ1) is 5.43. The molecule has 0 unspecified atom stereocenters. The third-order valence-electron chi connectivity index (χ3n) is 2.23. The summed E-state index contributed by atoms with van der Waals surface area (Å²) < 4.78 is 0. The molecule has 0 aromatic heterocycles. The van der Waals surface area contributed by atoms with E-state index >= 15 is 0 Å². The van der Waals surface area contributed by atoms with E-state index in [0.717, 1.165) is 0 Å². The number of aliphatic hydroxyl groups excluding tert-OH is 1. The zero-order valence-electron chi connectivity index (χ0n) is 7.97. The third kappa shape index (κ3) is 5.25. The van der Waals surface area contributed by atoms with Crippen LogP contribution in [0, 0.1) is 5.92 Å². The molecule has 1 nitrogen and oxygen atoms in total. The molecule has 68 valence electrons. The van der Waals surface area contributed by atoms with Crippen LogP contribution in [0.2, 0.25) is 0 Å². The standard InChI is InChI=1S/C8H16O.C2H6/c9-7-8-5-3-1-2-4-6-8;1-2/h8-9H,1-7H2;1-2H3. The summed E-state index contributed by atoms with van der Waals surface area (Å²) in [5, 5.41) is 8.82. The van der Waals surface area contributed by atoms with E-state index in [0.29, 0.717) is 12.5 Å². The van der Waals surface area contributed by atoms with Crippen molar-refractivity contribution in [3.63, 3.8) is 0 Å². The maximum absolute atomic E-state index is 8.82. The van der Waals surface area contributed by atoms with Gasteiger partial charge in [-0.05, 0) is 18.8 Å². The van der Waals surface area contributed by atoms with Gasteiger partial charge in [0.15, 0.2) is 0 Å². The summed E-state index contributed by atoms with van der Waals surface area (Å²) >= 11 is 0. The van der Waals surface area contributed by atoms with Crippen molar-refractivity contribution in [1.82, 2.24) is 0 Å². The van der Waals surface area contributed by atoms with Crippen LogP contribution in [0.5, 0.6) is 0 Å². The Morgan fingerprint density at radius 2 is 1.45 bits per heavy atom. The van der Waals surface area contributed by atoms with E-state index < -0.39 is 0 Å². The minimum atomic E-state index is 0.417. The average Bonchev–Trinajstić information content (AvgIpc) is 2.35. The maximum atomic E-state index is 8.82. The molecule has 0 saturated heterocycles. The lowest BCUT2D eigenvalue weighted by Gasteiger charge is -2.07. The highest BCUT2D eigenvalue weighted by molar-refractivity contribution is 4.62. The lowest BCUT2D eigenvalue weighted by Crippen LogP contribution is -2.03. The number of hydrogen-bond donors (Lipinski definition) is 1. The first-order valence-electron chi connectivity index (χ1n) is 5.04. The van der Waals surface area contributed by atoms with E-state index in [1.165, 1.54) is 38.5 Å². The summed E-state index contributed by atoms with van der Waals surface area (Å²) in [7, 11) is 0. The molecule has 1 N–H and O–H groups in total. The second-order valence-electron chi connectivity index (χ2n) is 3.04. The smallest absolute Gasteiger partial charge is 0.0459 e. The van der Waals surface area contributed by atoms with Gasteiger partial charge in [-0.3, -0.25) is 0 Å². The van der Waals surface area contributed by atoms with Gasteiger partial charge in [0.25, 0.3) is 0 Å². The molecule has 0 radical (unpaired) electrons. The Kier molecular flexibility index (Phi) is 8.03. The normalized spacial score (nSPS) is 19.9. The molecule has 1 saturated carbocycles. The summed E-state index contributed by atoms with van der Waals surface area (Å²) in [5.74, 6) is 0.632. The Morgan fingerprint density at radius 1 is 1.00 bits per heavy atom. The van der Waals surface area contributed by atoms with Crippen LogP contribution in [0.15, 0.2) is 0 Å². The van der Waals surface area contributed by atoms with E-state index in [1.54, 1.807) is 0 Å². The minimum absolute atomic E-state index is 0.417. The molecule has 1 aliphatic rings. The predicted molar refractivity (Wildman–Crippen MR) is 49.6 cm³/mol. The Morgan fingerprint density at radius 3 is 1.82 bits per heavy atom. The lowest BCUT2D eigenvalue weighted by atomic mass is 10.0. The molecule has 0 atom stereocenters. The van der Waals surface area contributed by atoms with Crippen LogP contribution < -0.4 is 0 Å². The molecule has 1 fully saturated rings. The molecule has 11 heavy (non-hydrogen) atoms. The van der Waals surface area contributed by atoms with Crippen LogP contribution in [0.4, 0.5) is 0 Å². The van der Waals surface area contributed by atoms with Gasteiger partial charge in [0.1, 0.15) is 0 Å². The van der Waals surface area contributed by atoms with Crippen molar-refractivity contribution in [2.75, 3.05) is 6.61 Å². The number of hydrogen-bond acceptors (Lipinski definition) is 1. The van der Waals surface area contributed by atoms with Gasteiger partial charge in [-0.25, -0.2) is 0 Å². The summed E-state index contributed by atoms with van der Waals surface area (Å²) in [6, 6.07) is 0. The molecule has 0 aromatic carbocycles. The van der Waals surface area contributed by atoms with Crippen molar-refractivity contribution >= 4 is 0 Å². The molecule has 0 bridgehead atoms. The van der Waals surface area contributed by atoms with Gasteiger partial charge in [-0.2, -0.15) is 0 Å². The highest BCUT2D eigenvalue weighted by Crippen LogP contribution is 2.21. The van der Waals surface area contributed by atoms with Crippen molar-refractivity contribution in [1.29, 1.82) is 0 Å². The molecule has 0 heterocycles. The highest BCUT2D eigenvalue weighted by Gasteiger charge is 2.09. The van der Waals surface area contributed by atoms with Gasteiger partial charge in [0.2, 0.25) is 0 Å². The summed E-state index contributed by atoms with van der Waals surface area (Å²) in [6.07, 6.45) is 7.97. The topological polar surface area (TPSA) is 20.2 Å². The molecule has 1 heteroatoms. The van der Waals surface area contributed by atoms with Crippen molar-refractivity contribution < 1.29 is 5.11 Å². The van der Waals surface area contributed by atoms with Gasteiger partial charge in [0.05, 0.1) is 0 Å². The summed E-state index contributed by atoms with van der Waals surface area (Å²) in [6.45, 7) is 4.42. The summed E-state index contributed by atoms with van der Waals surface area (Å²) in [5.41, 5.74) is 0. The predicted octanol–water partition coefficient (Wildman–Crippen LogP) is 2.98. The molecule has 1 aliphatic carbocycles. The van der Waals surface area contributed by atoms with Crippen molar-refractivity contribution in [2.24, 2.45) is 5.92 Å². The van der Waals surface area contributed by atoms with Crippen molar-refractivity contribution in [3.05, 3.63) is 0 Å². The first-order valence-corrected chi connectivity index (χ1v) is 5.04. The molecule has 0 aromatic rings. The SMILES string of the molecule is CC.OCC1CCCCCC1. The van der Waals surface area contributed by atoms with E-state index in [-0.39, 0.29) is 0 Å². The summed E-state index contributed by atoms with van der Waals surface area (Å²) in [4.78, 5) is 0. The second kappa shape index (κ2) is 8.06. The van der Waals surface area contributed by atoms with E-state index in [9.17, 15) is 0 Å². The van der Waals surface area contributed by atoms with Crippen molar-refractivity contribution in [2.45, 2.75) is 52.4 Å². The van der Waals surface area contributed by atoms with E-state index in [2.05, 4.69) is 0 Å². The zero-order chi connectivity index (χ0) is 8.53. The monoisotopic (exact) mass is 158 g/mol. The van der Waals surface area contributed by atoms with Gasteiger partial charge in [0, 0.05) is 6.61 Å². The quantitative estimate of drug-likeness (QED) is 0.582. The van der Waals surface area contributed by atoms with E-state index in [1.807, 2.05) is 13.8 Å². The van der Waals surface area contributed by atoms with Crippen LogP contribution in [-0.2, 0) is 0 Å². The fourth-order valence-corrected chi connectivity index (χ4v) is 1.55. The van der Waals surface area contributed by atoms with Gasteiger partial charge in [-0.15, -0.1) is 0 Å². The Balaban J connectivity index is 0.000000461. The Hall–Kier alpha value is -0.0400. The van der Waals surface area contributed by atoms with Gasteiger partial charge >= 0.3 is 0 Å². The molecular weight excluding hydrogens is 136 g/mol. The van der Waals surface area contributed by atoms with Gasteiger partial charge in [-0.1, -0.05) is 39.5 Å². The van der Waals surface area contributed by atoms with Crippen molar-refractivity contribution in [3.8, 4) is 0 Å². The highest BCUT2D eigenvalue weighted by atomic mass is 16.3. The minimum Gasteiger partial charge on any atom is -0.396 e. The number of aliphatic hydroxyl groups is 1. The van der Waals surface area contributed by atoms with Crippen LogP contribution in [0.1, 0.15) is 52.4 Å².